The van der Waals surface area contributed by atoms with E-state index < -0.39 is 11.3 Å². The van der Waals surface area contributed by atoms with Crippen molar-refractivity contribution in [2.75, 3.05) is 0 Å². The van der Waals surface area contributed by atoms with Gasteiger partial charge in [-0.1, -0.05) is 27.7 Å². The molecule has 0 amide bonds. The summed E-state index contributed by atoms with van der Waals surface area (Å²) in [7, 11) is 0. The molecular weight excluding hydrogens is 226 g/mol. The standard InChI is InChI=1S/C15H21NO2/c1-8-12(17)9(2)15(7-16)10(13(8)18)6-11(15)14(3,4)5/h8-11H,6H2,1-5H3/t8?,9?,10-,11-,15+/m1/s1. The number of fused-ring (bicyclic) bond motifs is 1. The third-order valence-electron chi connectivity index (χ3n) is 5.20. The highest BCUT2D eigenvalue weighted by Crippen LogP contribution is 2.65. The molecule has 5 atom stereocenters. The van der Waals surface area contributed by atoms with E-state index in [4.69, 9.17) is 0 Å². The highest BCUT2D eigenvalue weighted by Gasteiger charge is 2.68. The predicted molar refractivity (Wildman–Crippen MR) is 67.4 cm³/mol. The molecule has 18 heavy (non-hydrogen) atoms. The van der Waals surface area contributed by atoms with E-state index >= 15 is 0 Å². The van der Waals surface area contributed by atoms with Gasteiger partial charge in [-0.3, -0.25) is 9.59 Å². The van der Waals surface area contributed by atoms with Crippen molar-refractivity contribution in [3.8, 4) is 6.07 Å². The first-order chi connectivity index (χ1) is 8.17. The van der Waals surface area contributed by atoms with Crippen LogP contribution in [0.15, 0.2) is 0 Å². The fourth-order valence-electron chi connectivity index (χ4n) is 4.04. The van der Waals surface area contributed by atoms with E-state index in [2.05, 4.69) is 26.8 Å². The lowest BCUT2D eigenvalue weighted by Gasteiger charge is -2.61. The van der Waals surface area contributed by atoms with Crippen LogP contribution in [0.5, 0.6) is 0 Å². The molecule has 2 aliphatic carbocycles. The molecule has 0 heterocycles. The number of nitriles is 1. The van der Waals surface area contributed by atoms with Crippen LogP contribution in [0.4, 0.5) is 0 Å². The molecule has 2 fully saturated rings. The van der Waals surface area contributed by atoms with Crippen molar-refractivity contribution in [1.82, 2.24) is 0 Å². The summed E-state index contributed by atoms with van der Waals surface area (Å²) in [5.41, 5.74) is -0.791. The van der Waals surface area contributed by atoms with E-state index in [9.17, 15) is 14.9 Å². The van der Waals surface area contributed by atoms with Gasteiger partial charge in [-0.2, -0.15) is 5.26 Å². The summed E-state index contributed by atoms with van der Waals surface area (Å²) in [6.07, 6.45) is 0.762. The molecule has 0 aromatic rings. The normalized spacial score (nSPS) is 44.0. The molecule has 2 rings (SSSR count). The van der Waals surface area contributed by atoms with E-state index in [1.807, 2.05) is 6.92 Å². The van der Waals surface area contributed by atoms with E-state index in [0.717, 1.165) is 6.42 Å². The zero-order chi connectivity index (χ0) is 13.9. The van der Waals surface area contributed by atoms with Gasteiger partial charge in [-0.25, -0.2) is 0 Å². The molecular formula is C15H21NO2. The molecule has 0 bridgehead atoms. The summed E-state index contributed by atoms with van der Waals surface area (Å²) in [5, 5.41) is 9.64. The van der Waals surface area contributed by atoms with Gasteiger partial charge >= 0.3 is 0 Å². The van der Waals surface area contributed by atoms with Crippen molar-refractivity contribution in [2.45, 2.75) is 41.0 Å². The minimum atomic E-state index is -0.751. The zero-order valence-electron chi connectivity index (χ0n) is 11.8. The van der Waals surface area contributed by atoms with Gasteiger partial charge < -0.3 is 0 Å². The lowest BCUT2D eigenvalue weighted by atomic mass is 9.39. The smallest absolute Gasteiger partial charge is 0.147 e. The Labute approximate surface area is 109 Å². The van der Waals surface area contributed by atoms with Gasteiger partial charge in [0.15, 0.2) is 0 Å². The molecule has 2 unspecified atom stereocenters. The van der Waals surface area contributed by atoms with Crippen molar-refractivity contribution in [3.63, 3.8) is 0 Å². The van der Waals surface area contributed by atoms with E-state index in [0.29, 0.717) is 0 Å². The Morgan fingerprint density at radius 1 is 1.22 bits per heavy atom. The molecule has 3 heteroatoms. The number of carbonyl (C=O) groups is 2. The van der Waals surface area contributed by atoms with Gasteiger partial charge in [0.05, 0.1) is 17.4 Å². The summed E-state index contributed by atoms with van der Waals surface area (Å²) in [5.74, 6) is -0.998. The van der Waals surface area contributed by atoms with Gasteiger partial charge in [0.2, 0.25) is 0 Å². The molecule has 0 radical (unpaired) electrons. The maximum atomic E-state index is 12.2. The van der Waals surface area contributed by atoms with Gasteiger partial charge in [0.1, 0.15) is 11.6 Å². The van der Waals surface area contributed by atoms with Crippen LogP contribution in [0.2, 0.25) is 0 Å². The summed E-state index contributed by atoms with van der Waals surface area (Å²) in [6.45, 7) is 9.79. The highest BCUT2D eigenvalue weighted by molar-refractivity contribution is 6.08. The average Bonchev–Trinajstić information content (AvgIpc) is 2.23. The van der Waals surface area contributed by atoms with Crippen LogP contribution in [-0.2, 0) is 9.59 Å². The third-order valence-corrected chi connectivity index (χ3v) is 5.20. The van der Waals surface area contributed by atoms with Crippen LogP contribution in [-0.4, -0.2) is 11.6 Å². The van der Waals surface area contributed by atoms with Crippen molar-refractivity contribution in [3.05, 3.63) is 0 Å². The zero-order valence-corrected chi connectivity index (χ0v) is 11.8. The topological polar surface area (TPSA) is 57.9 Å². The maximum Gasteiger partial charge on any atom is 0.147 e. The van der Waals surface area contributed by atoms with Crippen molar-refractivity contribution in [2.24, 2.45) is 34.5 Å². The van der Waals surface area contributed by atoms with Crippen LogP contribution in [0.1, 0.15) is 41.0 Å². The second kappa shape index (κ2) is 3.66. The van der Waals surface area contributed by atoms with Crippen molar-refractivity contribution in [1.29, 1.82) is 5.26 Å². The highest BCUT2D eigenvalue weighted by atomic mass is 16.2. The molecule has 0 aromatic heterocycles. The number of rotatable bonds is 0. The number of nitrogens with zero attached hydrogens (tertiary/aromatic N) is 1. The molecule has 0 saturated heterocycles. The Hall–Kier alpha value is -1.17. The fourth-order valence-corrected chi connectivity index (χ4v) is 4.04. The van der Waals surface area contributed by atoms with Crippen LogP contribution < -0.4 is 0 Å². The van der Waals surface area contributed by atoms with Gasteiger partial charge in [-0.15, -0.1) is 0 Å². The summed E-state index contributed by atoms with van der Waals surface area (Å²) >= 11 is 0. The molecule has 0 aromatic carbocycles. The van der Waals surface area contributed by atoms with Gasteiger partial charge in [0, 0.05) is 11.8 Å². The summed E-state index contributed by atoms with van der Waals surface area (Å²) in [6, 6.07) is 2.36. The Bertz CT molecular complexity index is 434. The molecule has 2 aliphatic rings. The number of hydrogen-bond donors (Lipinski definition) is 0. The Kier molecular flexibility index (Phi) is 2.70. The summed E-state index contributed by atoms with van der Waals surface area (Å²) < 4.78 is 0. The van der Waals surface area contributed by atoms with Crippen LogP contribution in [0.3, 0.4) is 0 Å². The minimum Gasteiger partial charge on any atom is -0.299 e. The molecule has 0 N–H and O–H groups in total. The lowest BCUT2D eigenvalue weighted by Crippen LogP contribution is -2.65. The minimum absolute atomic E-state index is 0.0137. The lowest BCUT2D eigenvalue weighted by molar-refractivity contribution is -0.173. The Morgan fingerprint density at radius 2 is 1.78 bits per heavy atom. The first-order valence-corrected chi connectivity index (χ1v) is 6.66. The quantitative estimate of drug-likeness (QED) is 0.618. The van der Waals surface area contributed by atoms with Gasteiger partial charge in [-0.05, 0) is 24.7 Å². The molecule has 0 spiro atoms. The largest absolute Gasteiger partial charge is 0.299 e. The summed E-state index contributed by atoms with van der Waals surface area (Å²) in [4.78, 5) is 24.4. The fraction of sp³-hybridized carbons (Fsp3) is 0.800. The second-order valence-corrected chi connectivity index (χ2v) is 7.00. The third kappa shape index (κ3) is 1.35. The second-order valence-electron chi connectivity index (χ2n) is 7.00. The van der Waals surface area contributed by atoms with Crippen LogP contribution in [0, 0.1) is 45.8 Å². The monoisotopic (exact) mass is 247 g/mol. The number of ketones is 2. The van der Waals surface area contributed by atoms with Crippen molar-refractivity contribution >= 4 is 11.6 Å². The SMILES string of the molecule is CC1C(=O)C(C)[C@@]2(C#N)[C@H](C[C@@H]2C(C)(C)C)C1=O. The maximum absolute atomic E-state index is 12.2. The van der Waals surface area contributed by atoms with E-state index in [-0.39, 0.29) is 34.7 Å². The first-order valence-electron chi connectivity index (χ1n) is 6.66. The number of carbonyl (C=O) groups excluding carboxylic acids is 2. The first kappa shape index (κ1) is 13.3. The van der Waals surface area contributed by atoms with Crippen LogP contribution in [0.25, 0.3) is 0 Å². The Morgan fingerprint density at radius 3 is 2.22 bits per heavy atom. The van der Waals surface area contributed by atoms with Crippen LogP contribution >= 0.6 is 0 Å². The molecule has 3 nitrogen and oxygen atoms in total. The van der Waals surface area contributed by atoms with Crippen molar-refractivity contribution < 1.29 is 9.59 Å². The molecule has 0 aliphatic heterocycles. The molecule has 2 saturated carbocycles. The Balaban J connectivity index is 2.48. The number of Topliss-reactive ketones (excluding diaryl/α,β-unsaturated/α-hetero) is 2. The molecule has 98 valence electrons. The van der Waals surface area contributed by atoms with Gasteiger partial charge in [0.25, 0.3) is 0 Å². The van der Waals surface area contributed by atoms with E-state index in [1.165, 1.54) is 0 Å². The van der Waals surface area contributed by atoms with E-state index in [1.54, 1.807) is 6.92 Å². The number of hydrogen-bond acceptors (Lipinski definition) is 3. The average molecular weight is 247 g/mol. The predicted octanol–water partition coefficient (Wildman–Crippen LogP) is 2.60.